The van der Waals surface area contributed by atoms with E-state index in [-0.39, 0.29) is 17.0 Å². The van der Waals surface area contributed by atoms with Crippen LogP contribution in [-0.4, -0.2) is 26.4 Å². The van der Waals surface area contributed by atoms with Crippen molar-refractivity contribution in [1.82, 2.24) is 5.16 Å². The standard InChI is InChI=1S/C10H6FNO5/c11-8-4(1-2-6(13)9(8)14)7-3-5(10(15)16)12-17-7/h1-3,13-14H,(H,15,16). The SMILES string of the molecule is O=C(O)c1cc(-c2ccc(O)c(O)c2F)on1. The lowest BCUT2D eigenvalue weighted by Gasteiger charge is -2.02. The molecule has 2 rings (SSSR count). The molecule has 0 fully saturated rings. The lowest BCUT2D eigenvalue weighted by Crippen LogP contribution is -1.94. The maximum absolute atomic E-state index is 13.5. The molecule has 17 heavy (non-hydrogen) atoms. The summed E-state index contributed by atoms with van der Waals surface area (Å²) in [6.07, 6.45) is 0. The molecule has 0 aliphatic carbocycles. The van der Waals surface area contributed by atoms with Crippen LogP contribution >= 0.6 is 0 Å². The van der Waals surface area contributed by atoms with Gasteiger partial charge < -0.3 is 19.8 Å². The molecule has 1 heterocycles. The van der Waals surface area contributed by atoms with Crippen molar-refractivity contribution in [2.24, 2.45) is 0 Å². The molecule has 7 heteroatoms. The van der Waals surface area contributed by atoms with Crippen LogP contribution in [0, 0.1) is 5.82 Å². The minimum absolute atomic E-state index is 0.157. The van der Waals surface area contributed by atoms with E-state index >= 15 is 0 Å². The number of benzene rings is 1. The van der Waals surface area contributed by atoms with Crippen LogP contribution in [0.2, 0.25) is 0 Å². The number of hydrogen-bond acceptors (Lipinski definition) is 5. The second kappa shape index (κ2) is 3.78. The van der Waals surface area contributed by atoms with E-state index in [9.17, 15) is 9.18 Å². The first-order chi connectivity index (χ1) is 8.00. The number of halogens is 1. The zero-order valence-corrected chi connectivity index (χ0v) is 8.22. The van der Waals surface area contributed by atoms with Gasteiger partial charge >= 0.3 is 5.97 Å². The molecule has 1 aromatic carbocycles. The first-order valence-corrected chi connectivity index (χ1v) is 4.41. The number of carbonyl (C=O) groups is 1. The molecule has 0 spiro atoms. The average molecular weight is 239 g/mol. The van der Waals surface area contributed by atoms with Crippen LogP contribution in [0.4, 0.5) is 4.39 Å². The van der Waals surface area contributed by atoms with E-state index in [1.54, 1.807) is 0 Å². The number of carboxylic acid groups (broad SMARTS) is 1. The van der Waals surface area contributed by atoms with Gasteiger partial charge in [-0.2, -0.15) is 0 Å². The van der Waals surface area contributed by atoms with Crippen molar-refractivity contribution in [3.05, 3.63) is 29.7 Å². The van der Waals surface area contributed by atoms with Crippen molar-refractivity contribution in [2.45, 2.75) is 0 Å². The van der Waals surface area contributed by atoms with Crippen LogP contribution in [0.3, 0.4) is 0 Å². The molecule has 0 radical (unpaired) electrons. The number of aromatic carboxylic acids is 1. The van der Waals surface area contributed by atoms with E-state index in [0.29, 0.717) is 0 Å². The summed E-state index contributed by atoms with van der Waals surface area (Å²) >= 11 is 0. The summed E-state index contributed by atoms with van der Waals surface area (Å²) in [4.78, 5) is 10.5. The normalized spacial score (nSPS) is 10.4. The first kappa shape index (κ1) is 10.9. The fourth-order valence-corrected chi connectivity index (χ4v) is 1.25. The number of nitrogens with zero attached hydrogens (tertiary/aromatic N) is 1. The lowest BCUT2D eigenvalue weighted by atomic mass is 10.1. The van der Waals surface area contributed by atoms with Crippen LogP contribution in [0.1, 0.15) is 10.5 Å². The Bertz CT molecular complexity index is 592. The molecule has 0 bridgehead atoms. The number of phenolic OH excluding ortho intramolecular Hbond substituents is 2. The average Bonchev–Trinajstić information content (AvgIpc) is 2.75. The predicted octanol–water partition coefficient (Wildman–Crippen LogP) is 1.59. The molecule has 0 aliphatic heterocycles. The zero-order valence-electron chi connectivity index (χ0n) is 8.22. The second-order valence-corrected chi connectivity index (χ2v) is 3.18. The van der Waals surface area contributed by atoms with Crippen molar-refractivity contribution in [3.8, 4) is 22.8 Å². The highest BCUT2D eigenvalue weighted by Crippen LogP contribution is 2.35. The highest BCUT2D eigenvalue weighted by atomic mass is 19.1. The molecule has 0 unspecified atom stereocenters. The fourth-order valence-electron chi connectivity index (χ4n) is 1.25. The molecule has 3 N–H and O–H groups in total. The minimum atomic E-state index is -1.32. The number of aromatic hydroxyl groups is 2. The van der Waals surface area contributed by atoms with Gasteiger partial charge in [0.1, 0.15) is 0 Å². The molecule has 0 saturated heterocycles. The summed E-state index contributed by atoms with van der Waals surface area (Å²) in [5, 5.41) is 30.0. The van der Waals surface area contributed by atoms with E-state index in [2.05, 4.69) is 9.68 Å². The summed E-state index contributed by atoms with van der Waals surface area (Å²) < 4.78 is 18.1. The van der Waals surface area contributed by atoms with Crippen LogP contribution in [-0.2, 0) is 0 Å². The third-order valence-electron chi connectivity index (χ3n) is 2.09. The quantitative estimate of drug-likeness (QED) is 0.687. The maximum Gasteiger partial charge on any atom is 0.358 e. The van der Waals surface area contributed by atoms with E-state index < -0.39 is 23.3 Å². The lowest BCUT2D eigenvalue weighted by molar-refractivity contribution is 0.0686. The van der Waals surface area contributed by atoms with Crippen molar-refractivity contribution in [2.75, 3.05) is 0 Å². The highest BCUT2D eigenvalue weighted by Gasteiger charge is 2.18. The Hall–Kier alpha value is -2.57. The van der Waals surface area contributed by atoms with Crippen LogP contribution in [0.15, 0.2) is 22.7 Å². The summed E-state index contributed by atoms with van der Waals surface area (Å²) in [7, 11) is 0. The maximum atomic E-state index is 13.5. The van der Waals surface area contributed by atoms with Gasteiger partial charge in [0.2, 0.25) is 0 Å². The van der Waals surface area contributed by atoms with Gasteiger partial charge in [-0.1, -0.05) is 5.16 Å². The van der Waals surface area contributed by atoms with Gasteiger partial charge in [-0.05, 0) is 12.1 Å². The van der Waals surface area contributed by atoms with Crippen LogP contribution in [0.25, 0.3) is 11.3 Å². The molecule has 2 aromatic rings. The summed E-state index contributed by atoms with van der Waals surface area (Å²) in [5.74, 6) is -4.14. The Morgan fingerprint density at radius 1 is 1.35 bits per heavy atom. The van der Waals surface area contributed by atoms with Crippen LogP contribution in [0.5, 0.6) is 11.5 Å². The van der Waals surface area contributed by atoms with E-state index in [1.165, 1.54) is 0 Å². The van der Waals surface area contributed by atoms with Crippen molar-refractivity contribution in [1.29, 1.82) is 0 Å². The highest BCUT2D eigenvalue weighted by molar-refractivity contribution is 5.86. The molecule has 0 atom stereocenters. The summed E-state index contributed by atoms with van der Waals surface area (Å²) in [6.45, 7) is 0. The number of aromatic nitrogens is 1. The van der Waals surface area contributed by atoms with E-state index in [1.807, 2.05) is 0 Å². The van der Waals surface area contributed by atoms with Crippen molar-refractivity contribution >= 4 is 5.97 Å². The van der Waals surface area contributed by atoms with Gasteiger partial charge in [-0.3, -0.25) is 0 Å². The Balaban J connectivity index is 2.53. The molecular weight excluding hydrogens is 233 g/mol. The topological polar surface area (TPSA) is 104 Å². The van der Waals surface area contributed by atoms with E-state index in [4.69, 9.17) is 15.3 Å². The van der Waals surface area contributed by atoms with Crippen molar-refractivity contribution < 1.29 is 29.0 Å². The van der Waals surface area contributed by atoms with Gasteiger partial charge in [0, 0.05) is 6.07 Å². The van der Waals surface area contributed by atoms with Gasteiger partial charge in [0.05, 0.1) is 5.56 Å². The van der Waals surface area contributed by atoms with E-state index in [0.717, 1.165) is 18.2 Å². The van der Waals surface area contributed by atoms with Gasteiger partial charge in [-0.15, -0.1) is 0 Å². The second-order valence-electron chi connectivity index (χ2n) is 3.18. The van der Waals surface area contributed by atoms with Crippen molar-refractivity contribution in [3.63, 3.8) is 0 Å². The fraction of sp³-hybridized carbons (Fsp3) is 0. The Morgan fingerprint density at radius 3 is 2.65 bits per heavy atom. The monoisotopic (exact) mass is 239 g/mol. The third-order valence-corrected chi connectivity index (χ3v) is 2.09. The molecule has 6 nitrogen and oxygen atoms in total. The first-order valence-electron chi connectivity index (χ1n) is 4.41. The minimum Gasteiger partial charge on any atom is -0.504 e. The molecule has 0 saturated carbocycles. The number of rotatable bonds is 2. The van der Waals surface area contributed by atoms with Gasteiger partial charge in [0.15, 0.2) is 28.8 Å². The van der Waals surface area contributed by atoms with Crippen LogP contribution < -0.4 is 0 Å². The summed E-state index contributed by atoms with van der Waals surface area (Å²) in [6, 6.07) is 3.20. The number of phenols is 2. The molecule has 88 valence electrons. The predicted molar refractivity (Wildman–Crippen MR) is 52.2 cm³/mol. The Morgan fingerprint density at radius 2 is 2.06 bits per heavy atom. The smallest absolute Gasteiger partial charge is 0.358 e. The molecular formula is C10H6FNO5. The largest absolute Gasteiger partial charge is 0.504 e. The third kappa shape index (κ3) is 1.78. The molecule has 0 aliphatic rings. The van der Waals surface area contributed by atoms with Gasteiger partial charge in [0.25, 0.3) is 0 Å². The molecule has 1 aromatic heterocycles. The number of hydrogen-bond donors (Lipinski definition) is 3. The Kier molecular flexibility index (Phi) is 2.43. The summed E-state index contributed by atoms with van der Waals surface area (Å²) in [5.41, 5.74) is -0.577. The molecule has 0 amide bonds. The van der Waals surface area contributed by atoms with Gasteiger partial charge in [-0.25, -0.2) is 9.18 Å². The Labute approximate surface area is 93.5 Å². The number of carboxylic acids is 1. The zero-order chi connectivity index (χ0) is 12.6.